The predicted octanol–water partition coefficient (Wildman–Crippen LogP) is 1.70. The van der Waals surface area contributed by atoms with E-state index in [0.29, 0.717) is 18.9 Å². The van der Waals surface area contributed by atoms with Gasteiger partial charge >= 0.3 is 0 Å². The first-order valence-electron chi connectivity index (χ1n) is 5.14. The summed E-state index contributed by atoms with van der Waals surface area (Å²) < 4.78 is 10.9. The summed E-state index contributed by atoms with van der Waals surface area (Å²) in [5.74, 6) is 0.200. The molecule has 1 N–H and O–H groups in total. The highest BCUT2D eigenvalue weighted by atomic mass is 16.7. The van der Waals surface area contributed by atoms with Gasteiger partial charge in [-0.05, 0) is 25.8 Å². The molecule has 2 rings (SSSR count). The van der Waals surface area contributed by atoms with Crippen molar-refractivity contribution in [1.82, 2.24) is 4.98 Å². The Bertz CT molecular complexity index is 365. The molecule has 0 amide bonds. The van der Waals surface area contributed by atoms with Gasteiger partial charge in [-0.25, -0.2) is 0 Å². The lowest BCUT2D eigenvalue weighted by molar-refractivity contribution is -0.151. The van der Waals surface area contributed by atoms with Gasteiger partial charge in [-0.1, -0.05) is 0 Å². The number of fused-ring (bicyclic) bond motifs is 1. The minimum atomic E-state index is -0.444. The molecule has 1 aliphatic rings. The number of hydrogen-bond acceptors (Lipinski definition) is 4. The molecule has 1 aromatic heterocycles. The molecule has 0 saturated heterocycles. The third-order valence-corrected chi connectivity index (χ3v) is 2.55. The molecular formula is C11H15NO3. The molecule has 0 aromatic carbocycles. The van der Waals surface area contributed by atoms with Gasteiger partial charge in [0, 0.05) is 12.8 Å². The molecule has 0 fully saturated rings. The largest absolute Gasteiger partial charge is 0.506 e. The lowest BCUT2D eigenvalue weighted by Crippen LogP contribution is -2.19. The minimum Gasteiger partial charge on any atom is -0.506 e. The lowest BCUT2D eigenvalue weighted by Gasteiger charge is -2.26. The number of ether oxygens (including phenoxy) is 2. The van der Waals surface area contributed by atoms with Crippen molar-refractivity contribution < 1.29 is 14.6 Å². The Morgan fingerprint density at radius 3 is 3.20 bits per heavy atom. The highest BCUT2D eigenvalue weighted by molar-refractivity contribution is 5.42. The molecule has 0 radical (unpaired) electrons. The van der Waals surface area contributed by atoms with E-state index in [9.17, 15) is 5.11 Å². The van der Waals surface area contributed by atoms with Gasteiger partial charge in [-0.15, -0.1) is 0 Å². The van der Waals surface area contributed by atoms with Crippen LogP contribution in [-0.4, -0.2) is 23.3 Å². The number of rotatable bonds is 2. The van der Waals surface area contributed by atoms with Gasteiger partial charge in [-0.2, -0.15) is 0 Å². The molecular weight excluding hydrogens is 194 g/mol. The number of aromatic hydroxyl groups is 1. The van der Waals surface area contributed by atoms with Crippen LogP contribution in [0.4, 0.5) is 0 Å². The fourth-order valence-electron chi connectivity index (χ4n) is 1.76. The van der Waals surface area contributed by atoms with E-state index in [1.54, 1.807) is 13.1 Å². The van der Waals surface area contributed by atoms with Gasteiger partial charge in [0.25, 0.3) is 0 Å². The summed E-state index contributed by atoms with van der Waals surface area (Å²) in [6, 6.07) is 0. The molecule has 0 aliphatic carbocycles. The van der Waals surface area contributed by atoms with Crippen LogP contribution in [0.3, 0.4) is 0 Å². The number of nitrogens with zero attached hydrogens (tertiary/aromatic N) is 1. The average Bonchev–Trinajstić information content (AvgIpc) is 2.24. The van der Waals surface area contributed by atoms with Gasteiger partial charge in [0.2, 0.25) is 0 Å². The van der Waals surface area contributed by atoms with Crippen LogP contribution < -0.4 is 0 Å². The number of aromatic nitrogens is 1. The third-order valence-electron chi connectivity index (χ3n) is 2.55. The standard InChI is InChI=1S/C11H15NO3/c1-3-14-11-9-8(4-5-15-11)6-12-7(2)10(9)13/h6,11,13H,3-5H2,1-2H3. The van der Waals surface area contributed by atoms with E-state index >= 15 is 0 Å². The van der Waals surface area contributed by atoms with Crippen LogP contribution in [0.1, 0.15) is 30.0 Å². The van der Waals surface area contributed by atoms with Gasteiger partial charge in [0.05, 0.1) is 17.9 Å². The molecule has 0 spiro atoms. The summed E-state index contributed by atoms with van der Waals surface area (Å²) >= 11 is 0. The summed E-state index contributed by atoms with van der Waals surface area (Å²) in [6.07, 6.45) is 2.12. The summed E-state index contributed by atoms with van der Waals surface area (Å²) in [5.41, 5.74) is 2.38. The van der Waals surface area contributed by atoms with Crippen LogP contribution in [0.2, 0.25) is 0 Å². The molecule has 1 unspecified atom stereocenters. The molecule has 1 aromatic rings. The zero-order valence-corrected chi connectivity index (χ0v) is 8.99. The maximum Gasteiger partial charge on any atom is 0.187 e. The van der Waals surface area contributed by atoms with Gasteiger partial charge in [0.1, 0.15) is 5.75 Å². The second kappa shape index (κ2) is 4.16. The van der Waals surface area contributed by atoms with Crippen molar-refractivity contribution in [3.8, 4) is 5.75 Å². The normalized spacial score (nSPS) is 20.0. The smallest absolute Gasteiger partial charge is 0.187 e. The van der Waals surface area contributed by atoms with Crippen molar-refractivity contribution in [3.63, 3.8) is 0 Å². The quantitative estimate of drug-likeness (QED) is 0.805. The number of hydrogen-bond donors (Lipinski definition) is 1. The van der Waals surface area contributed by atoms with Gasteiger partial charge in [-0.3, -0.25) is 4.98 Å². The Hall–Kier alpha value is -1.13. The minimum absolute atomic E-state index is 0.200. The van der Waals surface area contributed by atoms with Gasteiger partial charge < -0.3 is 14.6 Å². The van der Waals surface area contributed by atoms with Crippen LogP contribution in [0.25, 0.3) is 0 Å². The second-order valence-corrected chi connectivity index (χ2v) is 3.54. The maximum atomic E-state index is 9.92. The summed E-state index contributed by atoms with van der Waals surface area (Å²) in [5, 5.41) is 9.92. The zero-order valence-electron chi connectivity index (χ0n) is 8.99. The summed E-state index contributed by atoms with van der Waals surface area (Å²) in [7, 11) is 0. The van der Waals surface area contributed by atoms with Crippen molar-refractivity contribution in [2.75, 3.05) is 13.2 Å². The first kappa shape index (κ1) is 10.4. The van der Waals surface area contributed by atoms with E-state index in [-0.39, 0.29) is 5.75 Å². The third kappa shape index (κ3) is 1.82. The van der Waals surface area contributed by atoms with Crippen molar-refractivity contribution in [1.29, 1.82) is 0 Å². The fourth-order valence-corrected chi connectivity index (χ4v) is 1.76. The first-order valence-corrected chi connectivity index (χ1v) is 5.14. The van der Waals surface area contributed by atoms with Crippen LogP contribution in [0.15, 0.2) is 6.20 Å². The van der Waals surface area contributed by atoms with E-state index < -0.39 is 6.29 Å². The average molecular weight is 209 g/mol. The van der Waals surface area contributed by atoms with Crippen LogP contribution in [0, 0.1) is 6.92 Å². The van der Waals surface area contributed by atoms with E-state index in [1.807, 2.05) is 6.92 Å². The zero-order chi connectivity index (χ0) is 10.8. The summed E-state index contributed by atoms with van der Waals surface area (Å²) in [4.78, 5) is 4.13. The van der Waals surface area contributed by atoms with E-state index in [4.69, 9.17) is 9.47 Å². The Morgan fingerprint density at radius 2 is 2.47 bits per heavy atom. The number of aryl methyl sites for hydroxylation is 1. The van der Waals surface area contributed by atoms with Crippen LogP contribution >= 0.6 is 0 Å². The van der Waals surface area contributed by atoms with Crippen molar-refractivity contribution in [2.24, 2.45) is 0 Å². The molecule has 2 heterocycles. The van der Waals surface area contributed by atoms with E-state index in [0.717, 1.165) is 17.5 Å². The molecule has 0 saturated carbocycles. The topological polar surface area (TPSA) is 51.6 Å². The van der Waals surface area contributed by atoms with Gasteiger partial charge in [0.15, 0.2) is 6.29 Å². The molecule has 15 heavy (non-hydrogen) atoms. The monoisotopic (exact) mass is 209 g/mol. The molecule has 82 valence electrons. The molecule has 4 heteroatoms. The molecule has 4 nitrogen and oxygen atoms in total. The maximum absolute atomic E-state index is 9.92. The van der Waals surface area contributed by atoms with E-state index in [1.165, 1.54) is 0 Å². The fraction of sp³-hybridized carbons (Fsp3) is 0.545. The Kier molecular flexibility index (Phi) is 2.88. The molecule has 1 atom stereocenters. The van der Waals surface area contributed by atoms with Crippen molar-refractivity contribution in [2.45, 2.75) is 26.6 Å². The number of pyridine rings is 1. The van der Waals surface area contributed by atoms with Crippen molar-refractivity contribution >= 4 is 0 Å². The predicted molar refractivity (Wildman–Crippen MR) is 54.7 cm³/mol. The van der Waals surface area contributed by atoms with Crippen LogP contribution in [-0.2, 0) is 15.9 Å². The highest BCUT2D eigenvalue weighted by Gasteiger charge is 2.25. The molecule has 1 aliphatic heterocycles. The lowest BCUT2D eigenvalue weighted by atomic mass is 10.0. The Morgan fingerprint density at radius 1 is 1.67 bits per heavy atom. The summed E-state index contributed by atoms with van der Waals surface area (Å²) in [6.45, 7) is 4.85. The highest BCUT2D eigenvalue weighted by Crippen LogP contribution is 2.35. The van der Waals surface area contributed by atoms with Crippen LogP contribution in [0.5, 0.6) is 5.75 Å². The van der Waals surface area contributed by atoms with Crippen molar-refractivity contribution in [3.05, 3.63) is 23.0 Å². The SMILES string of the molecule is CCOC1OCCc2cnc(C)c(O)c21. The Labute approximate surface area is 88.9 Å². The van der Waals surface area contributed by atoms with E-state index in [2.05, 4.69) is 4.98 Å². The second-order valence-electron chi connectivity index (χ2n) is 3.54. The first-order chi connectivity index (χ1) is 7.24. The molecule has 0 bridgehead atoms. The Balaban J connectivity index is 2.43.